The van der Waals surface area contributed by atoms with Crippen LogP contribution in [0.25, 0.3) is 0 Å². The molecular formula is C20H22N6O2S. The molecule has 0 amide bonds. The molecule has 0 saturated carbocycles. The Morgan fingerprint density at radius 3 is 2.48 bits per heavy atom. The molecule has 8 nitrogen and oxygen atoms in total. The van der Waals surface area contributed by atoms with E-state index in [2.05, 4.69) is 25.3 Å². The quantitative estimate of drug-likeness (QED) is 0.689. The lowest BCUT2D eigenvalue weighted by atomic mass is 10.2. The van der Waals surface area contributed by atoms with Crippen LogP contribution in [0.1, 0.15) is 36.0 Å². The van der Waals surface area contributed by atoms with Crippen molar-refractivity contribution in [1.82, 2.24) is 24.2 Å². The van der Waals surface area contributed by atoms with Gasteiger partial charge in [0.05, 0.1) is 29.0 Å². The Kier molecular flexibility index (Phi) is 5.25. The summed E-state index contributed by atoms with van der Waals surface area (Å²) in [4.78, 5) is 17.9. The highest BCUT2D eigenvalue weighted by molar-refractivity contribution is 7.89. The molecule has 1 atom stereocenters. The van der Waals surface area contributed by atoms with E-state index in [1.165, 1.54) is 4.31 Å². The van der Waals surface area contributed by atoms with Crippen LogP contribution in [-0.4, -0.2) is 39.2 Å². The van der Waals surface area contributed by atoms with Crippen LogP contribution in [0.4, 0.5) is 11.8 Å². The standard InChI is InChI=1S/C20H22N6O2S/c1-14-11-15(2)23-20(22-14)25-19-13-21-12-17(24-19)18-9-6-10-26(18)29(27,28)16-7-4-3-5-8-16/h3-5,7-8,11-13,18H,6,9-10H2,1-2H3,(H,22,23,24,25). The number of anilines is 2. The summed E-state index contributed by atoms with van der Waals surface area (Å²) in [5.74, 6) is 0.922. The van der Waals surface area contributed by atoms with Crippen LogP contribution in [0.5, 0.6) is 0 Å². The summed E-state index contributed by atoms with van der Waals surface area (Å²) in [6, 6.07) is 10.0. The van der Waals surface area contributed by atoms with Crippen LogP contribution in [0.3, 0.4) is 0 Å². The zero-order valence-corrected chi connectivity index (χ0v) is 17.1. The van der Waals surface area contributed by atoms with E-state index in [-0.39, 0.29) is 10.9 Å². The Hall–Kier alpha value is -2.91. The van der Waals surface area contributed by atoms with Crippen LogP contribution >= 0.6 is 0 Å². The number of aromatic nitrogens is 4. The molecule has 1 unspecified atom stereocenters. The molecule has 1 N–H and O–H groups in total. The number of hydrogen-bond acceptors (Lipinski definition) is 7. The predicted octanol–water partition coefficient (Wildman–Crippen LogP) is 3.15. The molecule has 2 aromatic heterocycles. The first-order valence-corrected chi connectivity index (χ1v) is 10.9. The van der Waals surface area contributed by atoms with E-state index in [4.69, 9.17) is 0 Å². The van der Waals surface area contributed by atoms with E-state index in [0.717, 1.165) is 17.8 Å². The lowest BCUT2D eigenvalue weighted by Gasteiger charge is -2.23. The Morgan fingerprint density at radius 2 is 1.76 bits per heavy atom. The number of sulfonamides is 1. The van der Waals surface area contributed by atoms with E-state index < -0.39 is 10.0 Å². The summed E-state index contributed by atoms with van der Waals surface area (Å²) in [7, 11) is -3.60. The molecule has 1 aliphatic heterocycles. The Bertz CT molecular complexity index is 1100. The van der Waals surface area contributed by atoms with Crippen LogP contribution in [0, 0.1) is 13.8 Å². The fourth-order valence-corrected chi connectivity index (χ4v) is 5.24. The zero-order chi connectivity index (χ0) is 20.4. The van der Waals surface area contributed by atoms with Gasteiger partial charge in [0.1, 0.15) is 0 Å². The van der Waals surface area contributed by atoms with E-state index in [0.29, 0.717) is 30.4 Å². The fraction of sp³-hybridized carbons (Fsp3) is 0.300. The van der Waals surface area contributed by atoms with Crippen molar-refractivity contribution in [1.29, 1.82) is 0 Å². The van der Waals surface area contributed by atoms with Crippen molar-refractivity contribution < 1.29 is 8.42 Å². The first-order valence-electron chi connectivity index (χ1n) is 9.41. The predicted molar refractivity (Wildman–Crippen MR) is 109 cm³/mol. The first-order chi connectivity index (χ1) is 13.9. The SMILES string of the molecule is Cc1cc(C)nc(Nc2cncc(C3CCCN3S(=O)(=O)c3ccccc3)n2)n1. The van der Waals surface area contributed by atoms with Crippen LogP contribution in [0.2, 0.25) is 0 Å². The maximum absolute atomic E-state index is 13.1. The van der Waals surface area contributed by atoms with Crippen LogP contribution in [0.15, 0.2) is 53.7 Å². The van der Waals surface area contributed by atoms with Gasteiger partial charge in [0, 0.05) is 17.9 Å². The average Bonchev–Trinajstić information content (AvgIpc) is 3.19. The van der Waals surface area contributed by atoms with E-state index in [1.807, 2.05) is 19.9 Å². The minimum absolute atomic E-state index is 0.290. The molecule has 3 heterocycles. The molecule has 150 valence electrons. The second-order valence-electron chi connectivity index (χ2n) is 7.02. The number of aryl methyl sites for hydroxylation is 2. The van der Waals surface area contributed by atoms with E-state index in [1.54, 1.807) is 42.7 Å². The van der Waals surface area contributed by atoms with Gasteiger partial charge in [0.2, 0.25) is 16.0 Å². The molecule has 1 fully saturated rings. The van der Waals surface area contributed by atoms with E-state index >= 15 is 0 Å². The molecule has 0 radical (unpaired) electrons. The average molecular weight is 411 g/mol. The molecule has 1 saturated heterocycles. The van der Waals surface area contributed by atoms with Gasteiger partial charge in [-0.25, -0.2) is 23.4 Å². The van der Waals surface area contributed by atoms with Gasteiger partial charge < -0.3 is 5.32 Å². The Balaban J connectivity index is 1.62. The van der Waals surface area contributed by atoms with Crippen LogP contribution < -0.4 is 5.32 Å². The maximum atomic E-state index is 13.1. The molecule has 0 aliphatic carbocycles. The minimum atomic E-state index is -3.60. The van der Waals surface area contributed by atoms with Crippen molar-refractivity contribution in [2.45, 2.75) is 37.6 Å². The molecule has 9 heteroatoms. The highest BCUT2D eigenvalue weighted by Gasteiger charge is 2.37. The lowest BCUT2D eigenvalue weighted by molar-refractivity contribution is 0.390. The first kappa shape index (κ1) is 19.4. The second-order valence-corrected chi connectivity index (χ2v) is 8.91. The molecule has 3 aromatic rings. The smallest absolute Gasteiger partial charge is 0.243 e. The summed E-state index contributed by atoms with van der Waals surface area (Å²) < 4.78 is 27.7. The highest BCUT2D eigenvalue weighted by atomic mass is 32.2. The topological polar surface area (TPSA) is 101 Å². The van der Waals surface area contributed by atoms with Crippen molar-refractivity contribution in [3.8, 4) is 0 Å². The molecule has 0 bridgehead atoms. The number of nitrogens with one attached hydrogen (secondary N) is 1. The van der Waals surface area contributed by atoms with Crippen molar-refractivity contribution in [2.75, 3.05) is 11.9 Å². The van der Waals surface area contributed by atoms with Crippen molar-refractivity contribution >= 4 is 21.8 Å². The van der Waals surface area contributed by atoms with Crippen molar-refractivity contribution in [3.63, 3.8) is 0 Å². The van der Waals surface area contributed by atoms with Crippen molar-refractivity contribution in [3.05, 3.63) is 65.9 Å². The van der Waals surface area contributed by atoms with Gasteiger partial charge >= 0.3 is 0 Å². The minimum Gasteiger partial charge on any atom is -0.307 e. The third kappa shape index (κ3) is 4.10. The monoisotopic (exact) mass is 410 g/mol. The largest absolute Gasteiger partial charge is 0.307 e. The summed E-state index contributed by atoms with van der Waals surface area (Å²) in [6.07, 6.45) is 4.67. The molecule has 0 spiro atoms. The van der Waals surface area contributed by atoms with Gasteiger partial charge in [-0.05, 0) is 44.9 Å². The van der Waals surface area contributed by atoms with Gasteiger partial charge in [0.25, 0.3) is 0 Å². The van der Waals surface area contributed by atoms with Gasteiger partial charge in [0.15, 0.2) is 5.82 Å². The Morgan fingerprint density at radius 1 is 1.03 bits per heavy atom. The maximum Gasteiger partial charge on any atom is 0.243 e. The Labute approximate surface area is 170 Å². The second kappa shape index (κ2) is 7.84. The third-order valence-electron chi connectivity index (χ3n) is 4.77. The molecular weight excluding hydrogens is 388 g/mol. The van der Waals surface area contributed by atoms with Gasteiger partial charge in [-0.15, -0.1) is 0 Å². The number of hydrogen-bond donors (Lipinski definition) is 1. The summed E-state index contributed by atoms with van der Waals surface area (Å²) in [5, 5.41) is 3.07. The lowest BCUT2D eigenvalue weighted by Crippen LogP contribution is -2.31. The van der Waals surface area contributed by atoms with Gasteiger partial charge in [-0.3, -0.25) is 4.98 Å². The summed E-state index contributed by atoms with van der Waals surface area (Å²) >= 11 is 0. The summed E-state index contributed by atoms with van der Waals surface area (Å²) in [6.45, 7) is 4.25. The van der Waals surface area contributed by atoms with Gasteiger partial charge in [-0.1, -0.05) is 18.2 Å². The number of nitrogens with zero attached hydrogens (tertiary/aromatic N) is 5. The molecule has 4 rings (SSSR count). The third-order valence-corrected chi connectivity index (χ3v) is 6.69. The van der Waals surface area contributed by atoms with E-state index in [9.17, 15) is 8.42 Å². The normalized spacial score (nSPS) is 17.4. The fourth-order valence-electron chi connectivity index (χ4n) is 3.55. The summed E-state index contributed by atoms with van der Waals surface area (Å²) in [5.41, 5.74) is 2.30. The molecule has 29 heavy (non-hydrogen) atoms. The number of benzene rings is 1. The molecule has 1 aliphatic rings. The number of rotatable bonds is 5. The van der Waals surface area contributed by atoms with Crippen LogP contribution in [-0.2, 0) is 10.0 Å². The zero-order valence-electron chi connectivity index (χ0n) is 16.3. The highest BCUT2D eigenvalue weighted by Crippen LogP contribution is 2.35. The van der Waals surface area contributed by atoms with Crippen molar-refractivity contribution in [2.24, 2.45) is 0 Å². The van der Waals surface area contributed by atoms with Gasteiger partial charge in [-0.2, -0.15) is 4.31 Å². The molecule has 1 aromatic carbocycles.